The molecule has 0 saturated carbocycles. The van der Waals surface area contributed by atoms with Crippen molar-refractivity contribution >= 4 is 22.2 Å². The second-order valence-corrected chi connectivity index (χ2v) is 3.28. The van der Waals surface area contributed by atoms with Gasteiger partial charge in [0.25, 0.3) is 6.43 Å². The molecule has 0 radical (unpaired) electrons. The van der Waals surface area contributed by atoms with E-state index in [9.17, 15) is 13.6 Å². The third-order valence-corrected chi connectivity index (χ3v) is 2.38. The number of nitrogens with two attached hydrogens (primary N) is 1. The van der Waals surface area contributed by atoms with Crippen LogP contribution in [-0.4, -0.2) is 11.3 Å². The summed E-state index contributed by atoms with van der Waals surface area (Å²) in [4.78, 5) is 14.3. The number of rotatable bonds is 3. The van der Waals surface area contributed by atoms with Gasteiger partial charge in [0.2, 0.25) is 0 Å². The van der Waals surface area contributed by atoms with Gasteiger partial charge in [-0.1, -0.05) is 0 Å². The summed E-state index contributed by atoms with van der Waals surface area (Å²) in [6.45, 7) is -0.0687. The van der Waals surface area contributed by atoms with Crippen molar-refractivity contribution in [2.24, 2.45) is 5.73 Å². The highest BCUT2D eigenvalue weighted by atomic mass is 79.9. The fourth-order valence-corrected chi connectivity index (χ4v) is 1.50. The maximum Gasteiger partial charge on any atom is 0.265 e. The van der Waals surface area contributed by atoms with E-state index in [1.54, 1.807) is 0 Å². The minimum atomic E-state index is -2.73. The number of nitrogens with zero attached hydrogens (tertiary/aromatic N) is 1. The van der Waals surface area contributed by atoms with Crippen LogP contribution in [0.25, 0.3) is 0 Å². The molecule has 1 aromatic rings. The summed E-state index contributed by atoms with van der Waals surface area (Å²) in [7, 11) is 0. The molecule has 76 valence electrons. The number of carbonyl (C=O) groups is 1. The first-order valence-corrected chi connectivity index (χ1v) is 4.51. The van der Waals surface area contributed by atoms with Gasteiger partial charge in [0.1, 0.15) is 4.60 Å². The lowest BCUT2D eigenvalue weighted by Gasteiger charge is -2.09. The summed E-state index contributed by atoms with van der Waals surface area (Å²) < 4.78 is 25.3. The van der Waals surface area contributed by atoms with E-state index in [0.717, 1.165) is 0 Å². The van der Waals surface area contributed by atoms with Crippen LogP contribution >= 0.6 is 15.9 Å². The molecule has 14 heavy (non-hydrogen) atoms. The molecule has 3 nitrogen and oxygen atoms in total. The van der Waals surface area contributed by atoms with E-state index in [1.165, 1.54) is 6.20 Å². The Morgan fingerprint density at radius 3 is 2.71 bits per heavy atom. The molecular weight excluding hydrogens is 258 g/mol. The molecule has 0 atom stereocenters. The van der Waals surface area contributed by atoms with Crippen molar-refractivity contribution in [3.8, 4) is 0 Å². The standard InChI is InChI=1S/C8H7BrF2N2O/c9-7-5(3-14)6(8(10)11)4(1-12)2-13-7/h2-3,8H,1,12H2. The Balaban J connectivity index is 3.43. The SMILES string of the molecule is NCc1cnc(Br)c(C=O)c1C(F)F. The normalized spacial score (nSPS) is 10.6. The van der Waals surface area contributed by atoms with Gasteiger partial charge >= 0.3 is 0 Å². The minimum Gasteiger partial charge on any atom is -0.326 e. The highest BCUT2D eigenvalue weighted by Crippen LogP contribution is 2.28. The molecule has 1 rings (SSSR count). The molecule has 0 amide bonds. The molecule has 0 aromatic carbocycles. The zero-order chi connectivity index (χ0) is 10.7. The highest BCUT2D eigenvalue weighted by Gasteiger charge is 2.19. The van der Waals surface area contributed by atoms with E-state index in [-0.39, 0.29) is 27.8 Å². The summed E-state index contributed by atoms with van der Waals surface area (Å²) in [5.41, 5.74) is 4.96. The number of halogens is 3. The lowest BCUT2D eigenvalue weighted by Crippen LogP contribution is -2.07. The number of aromatic nitrogens is 1. The van der Waals surface area contributed by atoms with Gasteiger partial charge in [0, 0.05) is 18.3 Å². The van der Waals surface area contributed by atoms with Gasteiger partial charge in [-0.3, -0.25) is 4.79 Å². The van der Waals surface area contributed by atoms with Crippen LogP contribution in [0.4, 0.5) is 8.78 Å². The van der Waals surface area contributed by atoms with Crippen LogP contribution in [0.2, 0.25) is 0 Å². The van der Waals surface area contributed by atoms with E-state index in [4.69, 9.17) is 5.73 Å². The third kappa shape index (κ3) is 1.96. The summed E-state index contributed by atoms with van der Waals surface area (Å²) >= 11 is 2.92. The van der Waals surface area contributed by atoms with Crippen LogP contribution in [0.3, 0.4) is 0 Å². The lowest BCUT2D eigenvalue weighted by atomic mass is 10.1. The first kappa shape index (κ1) is 11.2. The molecule has 0 fully saturated rings. The zero-order valence-corrected chi connectivity index (χ0v) is 8.59. The van der Waals surface area contributed by atoms with E-state index in [1.807, 2.05) is 0 Å². The minimum absolute atomic E-state index is 0.0687. The topological polar surface area (TPSA) is 56.0 Å². The van der Waals surface area contributed by atoms with Crippen molar-refractivity contribution < 1.29 is 13.6 Å². The molecule has 6 heteroatoms. The molecule has 0 aliphatic rings. The fraction of sp³-hybridized carbons (Fsp3) is 0.250. The third-order valence-electron chi connectivity index (χ3n) is 1.75. The van der Waals surface area contributed by atoms with Crippen LogP contribution in [0.15, 0.2) is 10.8 Å². The summed E-state index contributed by atoms with van der Waals surface area (Å²) in [6, 6.07) is 0. The predicted octanol–water partition coefficient (Wildman–Crippen LogP) is 2.05. The zero-order valence-electron chi connectivity index (χ0n) is 7.01. The molecule has 0 saturated heterocycles. The number of hydrogen-bond acceptors (Lipinski definition) is 3. The van der Waals surface area contributed by atoms with Crippen LogP contribution < -0.4 is 5.73 Å². The Labute approximate surface area is 87.4 Å². The summed E-state index contributed by atoms with van der Waals surface area (Å²) in [5, 5.41) is 0. The second kappa shape index (κ2) is 4.56. The second-order valence-electron chi connectivity index (χ2n) is 2.52. The van der Waals surface area contributed by atoms with Gasteiger partial charge in [-0.25, -0.2) is 13.8 Å². The lowest BCUT2D eigenvalue weighted by molar-refractivity contribution is 0.110. The monoisotopic (exact) mass is 264 g/mol. The van der Waals surface area contributed by atoms with Crippen LogP contribution in [0, 0.1) is 0 Å². The van der Waals surface area contributed by atoms with Gasteiger partial charge in [0.15, 0.2) is 6.29 Å². The van der Waals surface area contributed by atoms with Gasteiger partial charge in [-0.15, -0.1) is 0 Å². The highest BCUT2D eigenvalue weighted by molar-refractivity contribution is 9.10. The summed E-state index contributed by atoms with van der Waals surface area (Å²) in [6.07, 6.45) is -1.15. The smallest absolute Gasteiger partial charge is 0.265 e. The molecule has 1 heterocycles. The van der Waals surface area contributed by atoms with Crippen LogP contribution in [0.1, 0.15) is 27.9 Å². The number of alkyl halides is 2. The molecule has 0 unspecified atom stereocenters. The molecule has 0 bridgehead atoms. The van der Waals surface area contributed by atoms with Gasteiger partial charge in [0.05, 0.1) is 5.56 Å². The van der Waals surface area contributed by atoms with Gasteiger partial charge in [-0.05, 0) is 21.5 Å². The number of carbonyl (C=O) groups excluding carboxylic acids is 1. The molecular formula is C8H7BrF2N2O. The van der Waals surface area contributed by atoms with Crippen molar-refractivity contribution in [3.05, 3.63) is 27.5 Å². The maximum absolute atomic E-state index is 12.6. The first-order valence-electron chi connectivity index (χ1n) is 3.72. The Morgan fingerprint density at radius 2 is 2.29 bits per heavy atom. The van der Waals surface area contributed by atoms with Crippen molar-refractivity contribution in [1.29, 1.82) is 0 Å². The largest absolute Gasteiger partial charge is 0.326 e. The average Bonchev–Trinajstić information content (AvgIpc) is 2.17. The maximum atomic E-state index is 12.6. The number of aldehydes is 1. The van der Waals surface area contributed by atoms with E-state index >= 15 is 0 Å². The quantitative estimate of drug-likeness (QED) is 0.672. The molecule has 1 aromatic heterocycles. The van der Waals surface area contributed by atoms with Crippen molar-refractivity contribution in [2.75, 3.05) is 0 Å². The van der Waals surface area contributed by atoms with Crippen LogP contribution in [-0.2, 0) is 6.54 Å². The number of pyridine rings is 1. The van der Waals surface area contributed by atoms with E-state index < -0.39 is 6.43 Å². The Kier molecular flexibility index (Phi) is 3.65. The van der Waals surface area contributed by atoms with Crippen molar-refractivity contribution in [3.63, 3.8) is 0 Å². The Hall–Kier alpha value is -0.880. The van der Waals surface area contributed by atoms with E-state index in [2.05, 4.69) is 20.9 Å². The molecule has 2 N–H and O–H groups in total. The van der Waals surface area contributed by atoms with Crippen LogP contribution in [0.5, 0.6) is 0 Å². The fourth-order valence-electron chi connectivity index (χ4n) is 1.09. The first-order chi connectivity index (χ1) is 6.61. The molecule has 0 spiro atoms. The molecule has 0 aliphatic heterocycles. The average molecular weight is 265 g/mol. The van der Waals surface area contributed by atoms with Crippen molar-refractivity contribution in [1.82, 2.24) is 4.98 Å². The van der Waals surface area contributed by atoms with Crippen molar-refractivity contribution in [2.45, 2.75) is 13.0 Å². The Morgan fingerprint density at radius 1 is 1.64 bits per heavy atom. The molecule has 0 aliphatic carbocycles. The Bertz CT molecular complexity index is 357. The number of hydrogen-bond donors (Lipinski definition) is 1. The van der Waals surface area contributed by atoms with Gasteiger partial charge < -0.3 is 5.73 Å². The van der Waals surface area contributed by atoms with E-state index in [0.29, 0.717) is 6.29 Å². The summed E-state index contributed by atoms with van der Waals surface area (Å²) in [5.74, 6) is 0. The predicted molar refractivity (Wildman–Crippen MR) is 50.2 cm³/mol. The van der Waals surface area contributed by atoms with Gasteiger partial charge in [-0.2, -0.15) is 0 Å².